The molecule has 23 heavy (non-hydrogen) atoms. The largest absolute Gasteiger partial charge is 0.496 e. The molecule has 0 N–H and O–H groups in total. The molecule has 1 heterocycles. The quantitative estimate of drug-likeness (QED) is 0.779. The van der Waals surface area contributed by atoms with Gasteiger partial charge in [0.2, 0.25) is 0 Å². The molecule has 1 aromatic carbocycles. The van der Waals surface area contributed by atoms with Gasteiger partial charge in [-0.25, -0.2) is 0 Å². The molecule has 1 aliphatic carbocycles. The van der Waals surface area contributed by atoms with Crippen molar-refractivity contribution < 1.29 is 4.74 Å². The number of ether oxygens (including phenoxy) is 1. The van der Waals surface area contributed by atoms with Crippen LogP contribution >= 0.6 is 15.9 Å². The van der Waals surface area contributed by atoms with E-state index in [1.54, 1.807) is 7.11 Å². The van der Waals surface area contributed by atoms with E-state index in [0.29, 0.717) is 0 Å². The fraction of sp³-hybridized carbons (Fsp3) is 0.684. The molecular weight excluding hydrogens is 352 g/mol. The smallest absolute Gasteiger partial charge is 0.123 e. The van der Waals surface area contributed by atoms with E-state index in [9.17, 15) is 0 Å². The summed E-state index contributed by atoms with van der Waals surface area (Å²) in [7, 11) is 1.76. The summed E-state index contributed by atoms with van der Waals surface area (Å²) in [5.74, 6) is 1.91. The highest BCUT2D eigenvalue weighted by Gasteiger charge is 2.27. The van der Waals surface area contributed by atoms with Crippen LogP contribution in [-0.2, 0) is 6.54 Å². The maximum atomic E-state index is 5.51. The van der Waals surface area contributed by atoms with Gasteiger partial charge < -0.3 is 4.74 Å². The molecule has 1 saturated carbocycles. The van der Waals surface area contributed by atoms with Crippen LogP contribution in [0.5, 0.6) is 5.75 Å². The Kier molecular flexibility index (Phi) is 6.00. The van der Waals surface area contributed by atoms with E-state index >= 15 is 0 Å². The Balaban J connectivity index is 1.54. The summed E-state index contributed by atoms with van der Waals surface area (Å²) < 4.78 is 6.64. The van der Waals surface area contributed by atoms with E-state index in [0.717, 1.165) is 28.7 Å². The van der Waals surface area contributed by atoms with Crippen LogP contribution in [0.1, 0.15) is 38.2 Å². The fourth-order valence-electron chi connectivity index (χ4n) is 4.13. The van der Waals surface area contributed by atoms with Crippen molar-refractivity contribution in [2.45, 2.75) is 45.2 Å². The van der Waals surface area contributed by atoms with Crippen molar-refractivity contribution in [1.82, 2.24) is 9.80 Å². The molecule has 1 aliphatic heterocycles. The molecular formula is C19H29BrN2O. The van der Waals surface area contributed by atoms with Gasteiger partial charge in [0.15, 0.2) is 0 Å². The third-order valence-electron chi connectivity index (χ3n) is 5.47. The zero-order valence-corrected chi connectivity index (χ0v) is 16.0. The van der Waals surface area contributed by atoms with Crippen molar-refractivity contribution in [1.29, 1.82) is 0 Å². The Labute approximate surface area is 149 Å². The van der Waals surface area contributed by atoms with Gasteiger partial charge in [-0.2, -0.15) is 0 Å². The van der Waals surface area contributed by atoms with E-state index in [4.69, 9.17) is 4.74 Å². The zero-order chi connectivity index (χ0) is 16.2. The molecule has 2 fully saturated rings. The van der Waals surface area contributed by atoms with Crippen molar-refractivity contribution in [2.75, 3.05) is 33.3 Å². The Morgan fingerprint density at radius 1 is 1.17 bits per heavy atom. The minimum atomic E-state index is 0.835. The first-order valence-electron chi connectivity index (χ1n) is 8.94. The number of piperazine rings is 1. The molecule has 2 atom stereocenters. The summed E-state index contributed by atoms with van der Waals surface area (Å²) >= 11 is 3.58. The van der Waals surface area contributed by atoms with Gasteiger partial charge in [0.1, 0.15) is 5.75 Å². The van der Waals surface area contributed by atoms with Gasteiger partial charge in [-0.1, -0.05) is 35.7 Å². The lowest BCUT2D eigenvalue weighted by Crippen LogP contribution is -2.50. The third kappa shape index (κ3) is 4.49. The summed E-state index contributed by atoms with van der Waals surface area (Å²) in [6.45, 7) is 8.17. The van der Waals surface area contributed by atoms with Gasteiger partial charge in [-0.05, 0) is 37.0 Å². The van der Waals surface area contributed by atoms with Crippen LogP contribution in [0.15, 0.2) is 22.7 Å². The van der Waals surface area contributed by atoms with Crippen molar-refractivity contribution in [3.8, 4) is 5.75 Å². The van der Waals surface area contributed by atoms with E-state index in [1.807, 2.05) is 6.07 Å². The van der Waals surface area contributed by atoms with Crippen LogP contribution in [0.4, 0.5) is 0 Å². The summed E-state index contributed by atoms with van der Waals surface area (Å²) in [6.07, 6.45) is 5.66. The Morgan fingerprint density at radius 2 is 1.96 bits per heavy atom. The highest BCUT2D eigenvalue weighted by atomic mass is 79.9. The lowest BCUT2D eigenvalue weighted by molar-refractivity contribution is 0.0656. The Bertz CT molecular complexity index is 514. The number of hydrogen-bond donors (Lipinski definition) is 0. The summed E-state index contributed by atoms with van der Waals surface area (Å²) in [6, 6.07) is 7.12. The van der Waals surface area contributed by atoms with Gasteiger partial charge in [0.05, 0.1) is 7.11 Å². The molecule has 128 valence electrons. The van der Waals surface area contributed by atoms with E-state index in [-0.39, 0.29) is 0 Å². The molecule has 0 unspecified atom stereocenters. The van der Waals surface area contributed by atoms with Crippen LogP contribution < -0.4 is 4.74 Å². The number of hydrogen-bond acceptors (Lipinski definition) is 3. The number of halogens is 1. The second-order valence-electron chi connectivity index (χ2n) is 7.19. The second kappa shape index (κ2) is 8.00. The third-order valence-corrected chi connectivity index (χ3v) is 5.96. The number of nitrogens with zero attached hydrogens (tertiary/aromatic N) is 2. The first-order chi connectivity index (χ1) is 11.2. The highest BCUT2D eigenvalue weighted by molar-refractivity contribution is 9.10. The van der Waals surface area contributed by atoms with Crippen molar-refractivity contribution >= 4 is 15.9 Å². The number of rotatable bonds is 4. The standard InChI is InChI=1S/C19H29BrN2O/c1-15-4-3-5-18(12-15)22-10-8-21(9-11-22)14-16-13-17(20)6-7-19(16)23-2/h6-7,13,15,18H,3-5,8-12,14H2,1-2H3/t15-,18-/m1/s1. The van der Waals surface area contributed by atoms with Crippen LogP contribution in [0.2, 0.25) is 0 Å². The van der Waals surface area contributed by atoms with Crippen molar-refractivity contribution in [3.05, 3.63) is 28.2 Å². The van der Waals surface area contributed by atoms with Gasteiger partial charge >= 0.3 is 0 Å². The van der Waals surface area contributed by atoms with Crippen molar-refractivity contribution in [2.24, 2.45) is 5.92 Å². The van der Waals surface area contributed by atoms with Crippen LogP contribution in [0, 0.1) is 5.92 Å². The van der Waals surface area contributed by atoms with Gasteiger partial charge in [0.25, 0.3) is 0 Å². The molecule has 0 spiro atoms. The highest BCUT2D eigenvalue weighted by Crippen LogP contribution is 2.29. The van der Waals surface area contributed by atoms with Gasteiger partial charge in [-0.3, -0.25) is 9.80 Å². The molecule has 1 saturated heterocycles. The first-order valence-corrected chi connectivity index (χ1v) is 9.74. The normalized spacial score (nSPS) is 27.1. The first kappa shape index (κ1) is 17.2. The lowest BCUT2D eigenvalue weighted by atomic mass is 9.86. The molecule has 0 bridgehead atoms. The molecule has 3 nitrogen and oxygen atoms in total. The Hall–Kier alpha value is -0.580. The molecule has 0 radical (unpaired) electrons. The van der Waals surface area contributed by atoms with Crippen LogP contribution in [0.25, 0.3) is 0 Å². The average molecular weight is 381 g/mol. The number of benzene rings is 1. The minimum absolute atomic E-state index is 0.835. The molecule has 3 rings (SSSR count). The molecule has 0 aromatic heterocycles. The van der Waals surface area contributed by atoms with E-state index in [1.165, 1.54) is 57.4 Å². The van der Waals surface area contributed by atoms with Gasteiger partial charge in [-0.15, -0.1) is 0 Å². The average Bonchev–Trinajstić information content (AvgIpc) is 2.56. The molecule has 4 heteroatoms. The van der Waals surface area contributed by atoms with Crippen LogP contribution in [-0.4, -0.2) is 49.1 Å². The summed E-state index contributed by atoms with van der Waals surface area (Å²) in [4.78, 5) is 5.30. The maximum Gasteiger partial charge on any atom is 0.123 e. The number of methoxy groups -OCH3 is 1. The van der Waals surface area contributed by atoms with Gasteiger partial charge in [0, 0.05) is 48.8 Å². The monoisotopic (exact) mass is 380 g/mol. The van der Waals surface area contributed by atoms with Crippen molar-refractivity contribution in [3.63, 3.8) is 0 Å². The van der Waals surface area contributed by atoms with E-state index < -0.39 is 0 Å². The second-order valence-corrected chi connectivity index (χ2v) is 8.11. The molecule has 0 amide bonds. The lowest BCUT2D eigenvalue weighted by Gasteiger charge is -2.42. The summed E-state index contributed by atoms with van der Waals surface area (Å²) in [5.41, 5.74) is 1.28. The predicted molar refractivity (Wildman–Crippen MR) is 99.0 cm³/mol. The minimum Gasteiger partial charge on any atom is -0.496 e. The summed E-state index contributed by atoms with van der Waals surface area (Å²) in [5, 5.41) is 0. The molecule has 1 aromatic rings. The Morgan fingerprint density at radius 3 is 2.65 bits per heavy atom. The zero-order valence-electron chi connectivity index (χ0n) is 14.4. The fourth-order valence-corrected chi connectivity index (χ4v) is 4.54. The van der Waals surface area contributed by atoms with Crippen LogP contribution in [0.3, 0.4) is 0 Å². The van der Waals surface area contributed by atoms with E-state index in [2.05, 4.69) is 44.8 Å². The SMILES string of the molecule is COc1ccc(Br)cc1CN1CCN([C@@H]2CCC[C@@H](C)C2)CC1. The molecule has 2 aliphatic rings. The predicted octanol–water partition coefficient (Wildman–Crippen LogP) is 4.15. The topological polar surface area (TPSA) is 15.7 Å². The maximum absolute atomic E-state index is 5.51.